The summed E-state index contributed by atoms with van der Waals surface area (Å²) in [6, 6.07) is 21.5. The fraction of sp³-hybridized carbons (Fsp3) is 0.263. The van der Waals surface area contributed by atoms with Gasteiger partial charge in [0, 0.05) is 9.50 Å². The molecule has 2 rings (SSSR count). The smallest absolute Gasteiger partial charge is 0.0169 e. The van der Waals surface area contributed by atoms with Crippen LogP contribution in [-0.4, -0.2) is 0 Å². The number of rotatable bonds is 6. The van der Waals surface area contributed by atoms with Crippen LogP contribution in [-0.2, 0) is 0 Å². The molecule has 1 atom stereocenters. The van der Waals surface area contributed by atoms with E-state index in [4.69, 9.17) is 0 Å². The molecule has 0 N–H and O–H groups in total. The Bertz CT molecular complexity index is 528. The highest BCUT2D eigenvalue weighted by atomic mass is 127. The van der Waals surface area contributed by atoms with Gasteiger partial charge in [-0.3, -0.25) is 0 Å². The maximum absolute atomic E-state index is 2.46. The van der Waals surface area contributed by atoms with E-state index in [1.54, 1.807) is 0 Å². The summed E-state index contributed by atoms with van der Waals surface area (Å²) < 4.78 is 1.34. The molecule has 2 aromatic carbocycles. The number of hydrogen-bond acceptors (Lipinski definition) is 0. The number of allylic oxidation sites excluding steroid dienone is 1. The van der Waals surface area contributed by atoms with Gasteiger partial charge < -0.3 is 0 Å². The van der Waals surface area contributed by atoms with Crippen molar-refractivity contribution < 1.29 is 0 Å². The summed E-state index contributed by atoms with van der Waals surface area (Å²) in [5.74, 6) is 0.517. The highest BCUT2D eigenvalue weighted by molar-refractivity contribution is 14.1. The molecule has 0 aliphatic heterocycles. The molecule has 0 saturated heterocycles. The van der Waals surface area contributed by atoms with Crippen LogP contribution in [0.15, 0.2) is 66.7 Å². The Morgan fingerprint density at radius 1 is 1.00 bits per heavy atom. The van der Waals surface area contributed by atoms with Crippen molar-refractivity contribution >= 4 is 26.2 Å². The van der Waals surface area contributed by atoms with Gasteiger partial charge in [0.2, 0.25) is 0 Å². The molecular formula is C19H21I. The molecule has 1 unspecified atom stereocenters. The van der Waals surface area contributed by atoms with Gasteiger partial charge in [-0.15, -0.1) is 0 Å². The minimum absolute atomic E-state index is 0.517. The van der Waals surface area contributed by atoms with Gasteiger partial charge in [-0.2, -0.15) is 0 Å². The van der Waals surface area contributed by atoms with E-state index >= 15 is 0 Å². The molecule has 20 heavy (non-hydrogen) atoms. The maximum Gasteiger partial charge on any atom is 0.0169 e. The Labute approximate surface area is 136 Å². The van der Waals surface area contributed by atoms with Crippen LogP contribution in [0.25, 0.3) is 3.58 Å². The first kappa shape index (κ1) is 15.3. The predicted molar refractivity (Wildman–Crippen MR) is 97.1 cm³/mol. The van der Waals surface area contributed by atoms with E-state index in [2.05, 4.69) is 96.3 Å². The van der Waals surface area contributed by atoms with Crippen molar-refractivity contribution in [3.8, 4) is 0 Å². The summed E-state index contributed by atoms with van der Waals surface area (Å²) in [7, 11) is 0. The number of benzene rings is 2. The molecule has 1 heteroatoms. The molecule has 0 aliphatic rings. The highest BCUT2D eigenvalue weighted by Crippen LogP contribution is 2.30. The van der Waals surface area contributed by atoms with E-state index in [0.29, 0.717) is 5.92 Å². The third-order valence-corrected chi connectivity index (χ3v) is 4.48. The molecular weight excluding hydrogens is 355 g/mol. The van der Waals surface area contributed by atoms with Crippen LogP contribution in [0.2, 0.25) is 0 Å². The zero-order valence-electron chi connectivity index (χ0n) is 11.9. The van der Waals surface area contributed by atoms with Crippen molar-refractivity contribution in [1.29, 1.82) is 0 Å². The third kappa shape index (κ3) is 4.48. The normalized spacial score (nSPS) is 13.2. The Balaban J connectivity index is 2.23. The topological polar surface area (TPSA) is 0 Å². The van der Waals surface area contributed by atoms with E-state index in [9.17, 15) is 0 Å². The van der Waals surface area contributed by atoms with Crippen LogP contribution >= 0.6 is 22.6 Å². The Morgan fingerprint density at radius 3 is 2.20 bits per heavy atom. The van der Waals surface area contributed by atoms with Crippen LogP contribution in [0.4, 0.5) is 0 Å². The lowest BCUT2D eigenvalue weighted by atomic mass is 9.92. The number of halogens is 1. The summed E-state index contributed by atoms with van der Waals surface area (Å²) in [6.45, 7) is 2.26. The lowest BCUT2D eigenvalue weighted by Gasteiger charge is -2.14. The van der Waals surface area contributed by atoms with Crippen molar-refractivity contribution in [3.05, 3.63) is 77.9 Å². The molecule has 0 fully saturated rings. The second-order valence-electron chi connectivity index (χ2n) is 5.04. The molecule has 0 heterocycles. The monoisotopic (exact) mass is 376 g/mol. The molecule has 0 bridgehead atoms. The molecule has 104 valence electrons. The van der Waals surface area contributed by atoms with Crippen molar-refractivity contribution in [2.24, 2.45) is 0 Å². The average Bonchev–Trinajstić information content (AvgIpc) is 2.53. The SMILES string of the molecule is CCCCC(/C=C(/I)c1ccccc1)c1ccccc1. The average molecular weight is 376 g/mol. The van der Waals surface area contributed by atoms with Gasteiger partial charge in [0.25, 0.3) is 0 Å². The molecule has 2 aromatic rings. The molecule has 0 saturated carbocycles. The molecule has 0 radical (unpaired) electrons. The van der Waals surface area contributed by atoms with Gasteiger partial charge in [-0.25, -0.2) is 0 Å². The Hall–Kier alpha value is -1.09. The van der Waals surface area contributed by atoms with Crippen LogP contribution in [0.5, 0.6) is 0 Å². The summed E-state index contributed by atoms with van der Waals surface area (Å²) in [4.78, 5) is 0. The molecule has 0 nitrogen and oxygen atoms in total. The van der Waals surface area contributed by atoms with Gasteiger partial charge in [-0.1, -0.05) is 86.5 Å². The van der Waals surface area contributed by atoms with Gasteiger partial charge in [-0.05, 0) is 40.1 Å². The molecule has 0 spiro atoms. The number of hydrogen-bond donors (Lipinski definition) is 0. The van der Waals surface area contributed by atoms with E-state index in [-0.39, 0.29) is 0 Å². The van der Waals surface area contributed by atoms with E-state index in [0.717, 1.165) is 0 Å². The molecule has 0 aromatic heterocycles. The standard InChI is InChI=1S/C19H21I/c1-2-3-10-18(16-11-6-4-7-12-16)15-19(20)17-13-8-5-9-14-17/h4-9,11-15,18H,2-3,10H2,1H3/b19-15+. The first-order chi connectivity index (χ1) is 9.81. The quantitative estimate of drug-likeness (QED) is 0.509. The van der Waals surface area contributed by atoms with Crippen LogP contribution in [0.1, 0.15) is 43.2 Å². The van der Waals surface area contributed by atoms with Crippen LogP contribution < -0.4 is 0 Å². The van der Waals surface area contributed by atoms with Gasteiger partial charge in [0.1, 0.15) is 0 Å². The second-order valence-corrected chi connectivity index (χ2v) is 6.20. The molecule has 0 amide bonds. The first-order valence-electron chi connectivity index (χ1n) is 7.29. The van der Waals surface area contributed by atoms with Crippen molar-refractivity contribution in [2.75, 3.05) is 0 Å². The third-order valence-electron chi connectivity index (χ3n) is 3.49. The largest absolute Gasteiger partial charge is 0.0654 e. The van der Waals surface area contributed by atoms with E-state index < -0.39 is 0 Å². The van der Waals surface area contributed by atoms with Gasteiger partial charge in [0.05, 0.1) is 0 Å². The summed E-state index contributed by atoms with van der Waals surface area (Å²) in [5.41, 5.74) is 2.73. The summed E-state index contributed by atoms with van der Waals surface area (Å²) in [6.07, 6.45) is 6.16. The van der Waals surface area contributed by atoms with Gasteiger partial charge in [0.15, 0.2) is 0 Å². The minimum atomic E-state index is 0.517. The highest BCUT2D eigenvalue weighted by Gasteiger charge is 2.09. The van der Waals surface area contributed by atoms with Crippen molar-refractivity contribution in [1.82, 2.24) is 0 Å². The van der Waals surface area contributed by atoms with Crippen molar-refractivity contribution in [3.63, 3.8) is 0 Å². The van der Waals surface area contributed by atoms with Crippen LogP contribution in [0.3, 0.4) is 0 Å². The summed E-state index contributed by atoms with van der Waals surface area (Å²) in [5, 5.41) is 0. The Morgan fingerprint density at radius 2 is 1.60 bits per heavy atom. The van der Waals surface area contributed by atoms with E-state index in [1.807, 2.05) is 0 Å². The predicted octanol–water partition coefficient (Wildman–Crippen LogP) is 6.44. The maximum atomic E-state index is 2.46. The fourth-order valence-electron chi connectivity index (χ4n) is 2.34. The fourth-order valence-corrected chi connectivity index (χ4v) is 3.13. The van der Waals surface area contributed by atoms with E-state index in [1.165, 1.54) is 34.0 Å². The zero-order valence-corrected chi connectivity index (χ0v) is 14.1. The number of unbranched alkanes of at least 4 members (excludes halogenated alkanes) is 1. The van der Waals surface area contributed by atoms with Crippen molar-refractivity contribution in [2.45, 2.75) is 32.1 Å². The second kappa shape index (κ2) is 8.25. The minimum Gasteiger partial charge on any atom is -0.0654 e. The zero-order chi connectivity index (χ0) is 14.2. The lowest BCUT2D eigenvalue weighted by molar-refractivity contribution is 0.665. The molecule has 0 aliphatic carbocycles. The lowest BCUT2D eigenvalue weighted by Crippen LogP contribution is -1.96. The van der Waals surface area contributed by atoms with Crippen LogP contribution in [0, 0.1) is 0 Å². The summed E-state index contributed by atoms with van der Waals surface area (Å²) >= 11 is 2.46. The Kier molecular flexibility index (Phi) is 6.31. The first-order valence-corrected chi connectivity index (χ1v) is 8.37. The van der Waals surface area contributed by atoms with Gasteiger partial charge >= 0.3 is 0 Å².